The molecule has 14 nitrogen and oxygen atoms in total. The van der Waals surface area contributed by atoms with Gasteiger partial charge < -0.3 is 49.8 Å². The van der Waals surface area contributed by atoms with Crippen LogP contribution in [0.3, 0.4) is 0 Å². The van der Waals surface area contributed by atoms with E-state index in [-0.39, 0.29) is 68.7 Å². The molecule has 6 aliphatic heterocycles. The number of rotatable bonds is 1. The van der Waals surface area contributed by atoms with E-state index < -0.39 is 83.1 Å². The van der Waals surface area contributed by atoms with Crippen molar-refractivity contribution in [1.82, 2.24) is 0 Å². The average molecular weight is 738 g/mol. The van der Waals surface area contributed by atoms with Crippen molar-refractivity contribution in [2.45, 2.75) is 92.3 Å². The van der Waals surface area contributed by atoms with E-state index in [9.17, 15) is 44.7 Å². The predicted octanol–water partition coefficient (Wildman–Crippen LogP) is 3.50. The van der Waals surface area contributed by atoms with E-state index in [0.29, 0.717) is 0 Å². The molecule has 1 aromatic carbocycles. The molecule has 53 heavy (non-hydrogen) atoms. The Balaban J connectivity index is 1.79. The van der Waals surface area contributed by atoms with Gasteiger partial charge in [0.2, 0.25) is 6.79 Å². The summed E-state index contributed by atoms with van der Waals surface area (Å²) >= 11 is 0. The Kier molecular flexibility index (Phi) is 10.8. The number of hydrogen-bond donors (Lipinski definition) is 6. The fourth-order valence-corrected chi connectivity index (χ4v) is 7.55. The van der Waals surface area contributed by atoms with Gasteiger partial charge in [-0.2, -0.15) is 0 Å². The van der Waals surface area contributed by atoms with Crippen LogP contribution in [0.1, 0.15) is 76.9 Å². The van der Waals surface area contributed by atoms with Crippen LogP contribution < -0.4 is 10.1 Å². The third-order valence-electron chi connectivity index (χ3n) is 10.6. The number of carbonyl (C=O) groups excluding carboxylic acids is 4. The van der Waals surface area contributed by atoms with Crippen LogP contribution in [0.5, 0.6) is 11.5 Å². The van der Waals surface area contributed by atoms with Crippen molar-refractivity contribution in [3.63, 3.8) is 0 Å². The van der Waals surface area contributed by atoms with Crippen LogP contribution in [-0.2, 0) is 28.6 Å². The minimum absolute atomic E-state index is 0.0354. The summed E-state index contributed by atoms with van der Waals surface area (Å²) in [6.45, 7) is 12.9. The van der Waals surface area contributed by atoms with Crippen molar-refractivity contribution in [1.29, 1.82) is 0 Å². The summed E-state index contributed by atoms with van der Waals surface area (Å²) in [5.74, 6) is -7.39. The first-order valence-electron chi connectivity index (χ1n) is 17.4. The molecule has 1 aromatic rings. The second-order valence-corrected chi connectivity index (χ2v) is 14.6. The van der Waals surface area contributed by atoms with E-state index in [1.807, 2.05) is 0 Å². The molecular weight excluding hydrogens is 690 g/mol. The van der Waals surface area contributed by atoms with E-state index in [4.69, 9.17) is 18.9 Å². The van der Waals surface area contributed by atoms with Gasteiger partial charge in [-0.25, -0.2) is 0 Å². The highest BCUT2D eigenvalue weighted by atomic mass is 16.7. The fourth-order valence-electron chi connectivity index (χ4n) is 7.55. The van der Waals surface area contributed by atoms with Crippen LogP contribution in [-0.4, -0.2) is 86.0 Å². The number of anilines is 1. The number of ether oxygens (including phenoxy) is 4. The molecule has 286 valence electrons. The average Bonchev–Trinajstić information content (AvgIpc) is 3.09. The normalized spacial score (nSPS) is 32.4. The lowest BCUT2D eigenvalue weighted by atomic mass is 9.73. The smallest absolute Gasteiger partial charge is 0.314 e. The zero-order valence-corrected chi connectivity index (χ0v) is 31.1. The molecule has 7 aliphatic rings. The van der Waals surface area contributed by atoms with Crippen molar-refractivity contribution in [3.8, 4) is 11.5 Å². The Morgan fingerprint density at radius 1 is 0.943 bits per heavy atom. The van der Waals surface area contributed by atoms with Gasteiger partial charge in [0, 0.05) is 47.0 Å². The van der Waals surface area contributed by atoms with Crippen molar-refractivity contribution >= 4 is 34.9 Å². The van der Waals surface area contributed by atoms with E-state index in [1.54, 1.807) is 32.9 Å². The first-order chi connectivity index (χ1) is 24.7. The third-order valence-corrected chi connectivity index (χ3v) is 10.6. The number of hydrogen-bond acceptors (Lipinski definition) is 13. The Bertz CT molecular complexity index is 1910. The highest BCUT2D eigenvalue weighted by Gasteiger charge is 2.51. The number of esters is 2. The molecular formula is C39H47NO13. The van der Waals surface area contributed by atoms with Gasteiger partial charge in [-0.15, -0.1) is 0 Å². The lowest BCUT2D eigenvalue weighted by molar-refractivity contribution is -0.198. The van der Waals surface area contributed by atoms with Crippen LogP contribution in [0.15, 0.2) is 52.5 Å². The molecule has 0 saturated carbocycles. The van der Waals surface area contributed by atoms with Crippen LogP contribution >= 0.6 is 0 Å². The number of allylic oxidation sites excluding steroid dienone is 5. The van der Waals surface area contributed by atoms with E-state index in [1.165, 1.54) is 46.8 Å². The highest BCUT2D eigenvalue weighted by Crippen LogP contribution is 2.53. The summed E-state index contributed by atoms with van der Waals surface area (Å²) in [5, 5.41) is 60.2. The Hall–Kier alpha value is -4.76. The molecule has 6 bridgehead atoms. The lowest BCUT2D eigenvalue weighted by Crippen LogP contribution is -2.57. The van der Waals surface area contributed by atoms with E-state index in [0.717, 1.165) is 6.92 Å². The standard InChI is InChI=1S/C39H47NO13/c1-15-11-10-12-16(2)37(47)40-27-18(4)35(52-22(8)41)23-24(31(27)45)28(42)20(6)34-25(23)33(50-14-51-34)17(3)13-39(9,49)36(46)21(7)30(44)26-29(43)19(5)32(15)53-38(26)48/h10-13,15,19,21,26,29-30,32,36,43-46,49H,14H2,1-9H3,(H,40,47)/t15-,19-,21-,26+,29-,30+,32+,36-,39+/m1/s1. The van der Waals surface area contributed by atoms with Gasteiger partial charge in [-0.1, -0.05) is 39.0 Å². The van der Waals surface area contributed by atoms with Crippen LogP contribution in [0.2, 0.25) is 0 Å². The molecule has 6 heterocycles. The minimum Gasteiger partial charge on any atom is -0.505 e. The molecule has 1 amide bonds. The lowest BCUT2D eigenvalue weighted by Gasteiger charge is -2.43. The molecule has 9 atom stereocenters. The van der Waals surface area contributed by atoms with Crippen LogP contribution in [0.25, 0.3) is 5.57 Å². The largest absolute Gasteiger partial charge is 0.505 e. The zero-order valence-electron chi connectivity index (χ0n) is 31.1. The molecule has 1 aliphatic carbocycles. The number of ketones is 1. The number of aliphatic hydroxyl groups is 4. The summed E-state index contributed by atoms with van der Waals surface area (Å²) in [4.78, 5) is 53.2. The number of nitrogens with one attached hydrogen (secondary N) is 1. The van der Waals surface area contributed by atoms with Crippen LogP contribution in [0, 0.1) is 30.6 Å². The molecule has 6 N–H and O–H groups in total. The SMILES string of the molecule is CC(=O)Oc1c(C)c2c(O)c3c1C1=C(OCOC1=C(C)C3=O)C(C)=C[C@](C)(O)[C@H](O)[C@H](C)[C@H](O)[C@H]1C(=O)O[C@H]([C@H](C)[C@H]1O)[C@H](C)C=CC=C(C)C(=O)N2. The summed E-state index contributed by atoms with van der Waals surface area (Å²) < 4.78 is 23.1. The third kappa shape index (κ3) is 6.92. The number of amides is 1. The number of Topliss-reactive ketones (excluding diaryl/α,β-unsaturated/α-hetero) is 1. The van der Waals surface area contributed by atoms with Crippen molar-refractivity contribution < 1.29 is 63.7 Å². The highest BCUT2D eigenvalue weighted by molar-refractivity contribution is 6.21. The van der Waals surface area contributed by atoms with Crippen LogP contribution in [0.4, 0.5) is 5.69 Å². The Morgan fingerprint density at radius 3 is 2.21 bits per heavy atom. The molecule has 1 fully saturated rings. The summed E-state index contributed by atoms with van der Waals surface area (Å²) in [5.41, 5.74) is -2.02. The molecule has 14 heteroatoms. The van der Waals surface area contributed by atoms with Crippen molar-refractivity contribution in [2.75, 3.05) is 12.1 Å². The van der Waals surface area contributed by atoms with Gasteiger partial charge in [0.25, 0.3) is 5.91 Å². The summed E-state index contributed by atoms with van der Waals surface area (Å²) in [7, 11) is 0. The van der Waals surface area contributed by atoms with Crippen molar-refractivity contribution in [2.24, 2.45) is 23.7 Å². The summed E-state index contributed by atoms with van der Waals surface area (Å²) in [6.07, 6.45) is 0.468. The molecule has 1 saturated heterocycles. The number of phenolic OH excluding ortho intramolecular Hbond substituents is 1. The molecule has 8 rings (SSSR count). The van der Waals surface area contributed by atoms with Gasteiger partial charge in [-0.3, -0.25) is 19.2 Å². The first-order valence-corrected chi connectivity index (χ1v) is 17.4. The molecule has 0 radical (unpaired) electrons. The number of aliphatic hydroxyl groups excluding tert-OH is 3. The Morgan fingerprint density at radius 2 is 1.57 bits per heavy atom. The Labute approximate surface area is 307 Å². The molecule has 0 spiro atoms. The quantitative estimate of drug-likeness (QED) is 0.138. The van der Waals surface area contributed by atoms with Gasteiger partial charge in [0.1, 0.15) is 34.9 Å². The molecule has 0 aromatic heterocycles. The summed E-state index contributed by atoms with van der Waals surface area (Å²) in [6, 6.07) is 0. The zero-order chi connectivity index (χ0) is 39.4. The van der Waals surface area contributed by atoms with Gasteiger partial charge in [0.05, 0.1) is 35.1 Å². The topological polar surface area (TPSA) is 218 Å². The second kappa shape index (κ2) is 14.6. The minimum atomic E-state index is -2.10. The predicted molar refractivity (Wildman–Crippen MR) is 190 cm³/mol. The number of aromatic hydroxyl groups is 1. The maximum atomic E-state index is 13.9. The maximum Gasteiger partial charge on any atom is 0.314 e. The van der Waals surface area contributed by atoms with Crippen molar-refractivity contribution in [3.05, 3.63) is 69.2 Å². The second-order valence-electron chi connectivity index (χ2n) is 14.6. The number of carbonyl (C=O) groups is 4. The van der Waals surface area contributed by atoms with E-state index >= 15 is 0 Å². The van der Waals surface area contributed by atoms with Gasteiger partial charge in [-0.05, 0) is 46.3 Å². The first kappa shape index (κ1) is 39.4. The maximum absolute atomic E-state index is 13.9. The van der Waals surface area contributed by atoms with Gasteiger partial charge in [0.15, 0.2) is 11.5 Å². The fraction of sp³-hybridized carbons (Fsp3) is 0.487. The van der Waals surface area contributed by atoms with Gasteiger partial charge >= 0.3 is 11.9 Å². The monoisotopic (exact) mass is 737 g/mol. The number of phenols is 1. The number of benzene rings is 1. The van der Waals surface area contributed by atoms with E-state index in [2.05, 4.69) is 5.32 Å². The molecule has 0 unspecified atom stereocenters.